The Morgan fingerprint density at radius 3 is 2.46 bits per heavy atom. The van der Waals surface area contributed by atoms with Gasteiger partial charge in [0.2, 0.25) is 15.9 Å². The van der Waals surface area contributed by atoms with E-state index in [1.807, 2.05) is 4.72 Å². The fourth-order valence-electron chi connectivity index (χ4n) is 0.718. The molecule has 13 heavy (non-hydrogen) atoms. The number of carbonyl (C=O) groups is 1. The minimum atomic E-state index is -3.48. The van der Waals surface area contributed by atoms with Crippen LogP contribution in [0.1, 0.15) is 6.42 Å². The smallest absolute Gasteiger partial charge is 0.236 e. The average Bonchev–Trinajstić information content (AvgIpc) is 1.96. The Bertz CT molecular complexity index is 258. The standard InChI is InChI=1S/C6H14N2O4S/c1-12-5(4-7)3-6(9)8-13(2,10)11/h5H,3-4,7H2,1-2H3,(H,8,9). The molecular formula is C6H14N2O4S. The van der Waals surface area contributed by atoms with Crippen LogP contribution in [0.5, 0.6) is 0 Å². The summed E-state index contributed by atoms with van der Waals surface area (Å²) < 4.78 is 27.8. The van der Waals surface area contributed by atoms with Gasteiger partial charge in [0.05, 0.1) is 18.8 Å². The van der Waals surface area contributed by atoms with Crippen LogP contribution in [-0.2, 0) is 19.6 Å². The molecule has 0 fully saturated rings. The van der Waals surface area contributed by atoms with Crippen molar-refractivity contribution in [3.63, 3.8) is 0 Å². The number of carbonyl (C=O) groups excluding carboxylic acids is 1. The number of sulfonamides is 1. The van der Waals surface area contributed by atoms with E-state index in [4.69, 9.17) is 10.5 Å². The molecule has 1 unspecified atom stereocenters. The van der Waals surface area contributed by atoms with E-state index < -0.39 is 22.0 Å². The molecule has 0 aliphatic rings. The van der Waals surface area contributed by atoms with Gasteiger partial charge < -0.3 is 10.5 Å². The van der Waals surface area contributed by atoms with Crippen LogP contribution in [0.25, 0.3) is 0 Å². The number of nitrogens with one attached hydrogen (secondary N) is 1. The van der Waals surface area contributed by atoms with E-state index in [-0.39, 0.29) is 13.0 Å². The number of nitrogens with two attached hydrogens (primary N) is 1. The van der Waals surface area contributed by atoms with Crippen molar-refractivity contribution < 1.29 is 17.9 Å². The van der Waals surface area contributed by atoms with Crippen molar-refractivity contribution >= 4 is 15.9 Å². The fraction of sp³-hybridized carbons (Fsp3) is 0.833. The predicted octanol–water partition coefficient (Wildman–Crippen LogP) is -1.57. The van der Waals surface area contributed by atoms with Crippen molar-refractivity contribution in [2.75, 3.05) is 19.9 Å². The van der Waals surface area contributed by atoms with Gasteiger partial charge in [0.25, 0.3) is 0 Å². The summed E-state index contributed by atoms with van der Waals surface area (Å²) in [5.41, 5.74) is 5.24. The summed E-state index contributed by atoms with van der Waals surface area (Å²) >= 11 is 0. The van der Waals surface area contributed by atoms with Gasteiger partial charge in [-0.05, 0) is 0 Å². The largest absolute Gasteiger partial charge is 0.380 e. The Morgan fingerprint density at radius 2 is 2.15 bits per heavy atom. The lowest BCUT2D eigenvalue weighted by Crippen LogP contribution is -2.35. The van der Waals surface area contributed by atoms with E-state index >= 15 is 0 Å². The van der Waals surface area contributed by atoms with Gasteiger partial charge >= 0.3 is 0 Å². The van der Waals surface area contributed by atoms with E-state index in [9.17, 15) is 13.2 Å². The molecule has 1 atom stereocenters. The van der Waals surface area contributed by atoms with Gasteiger partial charge in [-0.25, -0.2) is 8.42 Å². The van der Waals surface area contributed by atoms with Gasteiger partial charge in [-0.3, -0.25) is 9.52 Å². The first-order chi connectivity index (χ1) is 5.89. The van der Waals surface area contributed by atoms with E-state index in [0.29, 0.717) is 0 Å². The Hall–Kier alpha value is -0.660. The molecule has 0 aliphatic carbocycles. The summed E-state index contributed by atoms with van der Waals surface area (Å²) in [7, 11) is -2.07. The molecule has 7 heteroatoms. The molecule has 0 radical (unpaired) electrons. The number of hydrogen-bond donors (Lipinski definition) is 2. The number of rotatable bonds is 5. The molecular weight excluding hydrogens is 196 g/mol. The molecule has 78 valence electrons. The molecule has 0 aromatic rings. The third kappa shape index (κ3) is 6.50. The number of ether oxygens (including phenoxy) is 1. The number of methoxy groups -OCH3 is 1. The topological polar surface area (TPSA) is 98.5 Å². The maximum absolute atomic E-state index is 11.0. The highest BCUT2D eigenvalue weighted by atomic mass is 32.2. The van der Waals surface area contributed by atoms with Crippen LogP contribution >= 0.6 is 0 Å². The monoisotopic (exact) mass is 210 g/mol. The Balaban J connectivity index is 4.01. The molecule has 3 N–H and O–H groups in total. The lowest BCUT2D eigenvalue weighted by molar-refractivity contribution is -0.121. The first-order valence-corrected chi connectivity index (χ1v) is 5.51. The number of hydrogen-bond acceptors (Lipinski definition) is 5. The summed E-state index contributed by atoms with van der Waals surface area (Å²) in [6.07, 6.45) is 0.414. The lowest BCUT2D eigenvalue weighted by atomic mass is 10.2. The van der Waals surface area contributed by atoms with E-state index in [1.54, 1.807) is 0 Å². The maximum Gasteiger partial charge on any atom is 0.236 e. The second-order valence-electron chi connectivity index (χ2n) is 2.59. The van der Waals surface area contributed by atoms with Crippen LogP contribution in [0, 0.1) is 0 Å². The van der Waals surface area contributed by atoms with Crippen LogP contribution in [0.3, 0.4) is 0 Å². The van der Waals surface area contributed by atoms with Crippen molar-refractivity contribution in [2.45, 2.75) is 12.5 Å². The molecule has 0 heterocycles. The molecule has 0 saturated heterocycles. The Kier molecular flexibility index (Phi) is 4.89. The fourth-order valence-corrected chi connectivity index (χ4v) is 1.22. The minimum absolute atomic E-state index is 0.0555. The second kappa shape index (κ2) is 5.15. The SMILES string of the molecule is COC(CN)CC(=O)NS(C)(=O)=O. The predicted molar refractivity (Wildman–Crippen MR) is 47.5 cm³/mol. The van der Waals surface area contributed by atoms with Crippen molar-refractivity contribution in [1.82, 2.24) is 4.72 Å². The van der Waals surface area contributed by atoms with Crippen LogP contribution in [0.2, 0.25) is 0 Å². The highest BCUT2D eigenvalue weighted by molar-refractivity contribution is 7.89. The normalized spacial score (nSPS) is 13.8. The van der Waals surface area contributed by atoms with Crippen LogP contribution in [0.4, 0.5) is 0 Å². The summed E-state index contributed by atoms with van der Waals surface area (Å²) in [6.45, 7) is 0.174. The zero-order chi connectivity index (χ0) is 10.5. The molecule has 6 nitrogen and oxygen atoms in total. The first kappa shape index (κ1) is 12.3. The molecule has 0 aromatic carbocycles. The van der Waals surface area contributed by atoms with Gasteiger partial charge in [-0.1, -0.05) is 0 Å². The third-order valence-corrected chi connectivity index (χ3v) is 1.91. The van der Waals surface area contributed by atoms with Gasteiger partial charge in [-0.2, -0.15) is 0 Å². The summed E-state index contributed by atoms with van der Waals surface area (Å²) in [6, 6.07) is 0. The van der Waals surface area contributed by atoms with E-state index in [2.05, 4.69) is 0 Å². The van der Waals surface area contributed by atoms with Crippen molar-refractivity contribution in [3.05, 3.63) is 0 Å². The van der Waals surface area contributed by atoms with Gasteiger partial charge in [0.15, 0.2) is 0 Å². The Morgan fingerprint density at radius 1 is 1.62 bits per heavy atom. The van der Waals surface area contributed by atoms with Crippen LogP contribution in [-0.4, -0.2) is 40.3 Å². The summed E-state index contributed by atoms with van der Waals surface area (Å²) in [5.74, 6) is -0.611. The molecule has 0 saturated carbocycles. The molecule has 1 amide bonds. The lowest BCUT2D eigenvalue weighted by Gasteiger charge is -2.11. The van der Waals surface area contributed by atoms with Crippen molar-refractivity contribution in [2.24, 2.45) is 5.73 Å². The van der Waals surface area contributed by atoms with Crippen molar-refractivity contribution in [3.8, 4) is 0 Å². The van der Waals surface area contributed by atoms with E-state index in [1.165, 1.54) is 7.11 Å². The highest BCUT2D eigenvalue weighted by Crippen LogP contribution is 1.94. The van der Waals surface area contributed by atoms with Gasteiger partial charge in [-0.15, -0.1) is 0 Å². The van der Waals surface area contributed by atoms with Crippen LogP contribution < -0.4 is 10.5 Å². The average molecular weight is 210 g/mol. The van der Waals surface area contributed by atoms with E-state index in [0.717, 1.165) is 6.26 Å². The Labute approximate surface area is 77.5 Å². The molecule has 0 aliphatic heterocycles. The zero-order valence-electron chi connectivity index (χ0n) is 7.61. The summed E-state index contributed by atoms with van der Waals surface area (Å²) in [5, 5.41) is 0. The van der Waals surface area contributed by atoms with Crippen molar-refractivity contribution in [1.29, 1.82) is 0 Å². The van der Waals surface area contributed by atoms with Crippen LogP contribution in [0.15, 0.2) is 0 Å². The number of amides is 1. The summed E-state index contributed by atoms with van der Waals surface area (Å²) in [4.78, 5) is 11.0. The second-order valence-corrected chi connectivity index (χ2v) is 4.34. The zero-order valence-corrected chi connectivity index (χ0v) is 8.43. The molecule has 0 spiro atoms. The van der Waals surface area contributed by atoms with Gasteiger partial charge in [0, 0.05) is 13.7 Å². The highest BCUT2D eigenvalue weighted by Gasteiger charge is 2.14. The maximum atomic E-state index is 11.0. The minimum Gasteiger partial charge on any atom is -0.380 e. The van der Waals surface area contributed by atoms with Gasteiger partial charge in [0.1, 0.15) is 0 Å². The molecule has 0 aromatic heterocycles. The third-order valence-electron chi connectivity index (χ3n) is 1.31. The molecule has 0 rings (SSSR count). The molecule has 0 bridgehead atoms. The first-order valence-electron chi connectivity index (χ1n) is 3.62. The quantitative estimate of drug-likeness (QED) is 0.571.